The van der Waals surface area contributed by atoms with Gasteiger partial charge < -0.3 is 5.32 Å². The lowest BCUT2D eigenvalue weighted by Gasteiger charge is -2.07. The quantitative estimate of drug-likeness (QED) is 0.652. The fraction of sp³-hybridized carbons (Fsp3) is 0.0588. The zero-order valence-electron chi connectivity index (χ0n) is 13.4. The molecule has 5 nitrogen and oxygen atoms in total. The molecule has 3 aromatic rings. The highest BCUT2D eigenvalue weighted by atomic mass is 35.5. The van der Waals surface area contributed by atoms with E-state index >= 15 is 0 Å². The molecule has 0 saturated heterocycles. The van der Waals surface area contributed by atoms with Gasteiger partial charge in [-0.05, 0) is 30.3 Å². The summed E-state index contributed by atoms with van der Waals surface area (Å²) < 4.78 is 37.1. The van der Waals surface area contributed by atoms with Crippen molar-refractivity contribution in [3.63, 3.8) is 0 Å². The van der Waals surface area contributed by atoms with Gasteiger partial charge in [0.2, 0.25) is 0 Å². The highest BCUT2D eigenvalue weighted by Gasteiger charge is 2.16. The number of amides is 1. The molecule has 26 heavy (non-hydrogen) atoms. The van der Waals surface area contributed by atoms with Crippen molar-refractivity contribution in [2.24, 2.45) is 0 Å². The molecule has 1 heterocycles. The number of benzene rings is 2. The normalized spacial score (nSPS) is 11.3. The molecule has 0 atom stereocenters. The first-order valence-corrected chi connectivity index (χ1v) is 10.4. The first-order chi connectivity index (χ1) is 12.2. The molecule has 0 saturated carbocycles. The summed E-state index contributed by atoms with van der Waals surface area (Å²) in [7, 11) is -3.52. The number of aromatic nitrogens is 1. The van der Waals surface area contributed by atoms with Gasteiger partial charge in [-0.2, -0.15) is 0 Å². The van der Waals surface area contributed by atoms with E-state index in [9.17, 15) is 17.6 Å². The highest BCUT2D eigenvalue weighted by Crippen LogP contribution is 2.27. The molecule has 3 rings (SSSR count). The maximum absolute atomic E-state index is 13.9. The Morgan fingerprint density at radius 2 is 2.00 bits per heavy atom. The summed E-state index contributed by atoms with van der Waals surface area (Å²) in [4.78, 5) is 16.5. The maximum Gasteiger partial charge on any atom is 0.275 e. The molecular weight excluding hydrogens is 399 g/mol. The molecule has 0 aliphatic carbocycles. The van der Waals surface area contributed by atoms with Crippen LogP contribution in [0.3, 0.4) is 0 Å². The molecule has 0 radical (unpaired) electrons. The van der Waals surface area contributed by atoms with Crippen LogP contribution in [0.25, 0.3) is 10.6 Å². The Kier molecular flexibility index (Phi) is 5.08. The Hall–Kier alpha value is -2.29. The number of nitrogens with zero attached hydrogens (tertiary/aromatic N) is 1. The number of rotatable bonds is 4. The Labute approximate surface area is 158 Å². The van der Waals surface area contributed by atoms with Gasteiger partial charge in [-0.25, -0.2) is 17.8 Å². The van der Waals surface area contributed by atoms with Crippen molar-refractivity contribution >= 4 is 44.4 Å². The third-order valence-corrected chi connectivity index (χ3v) is 5.66. The summed E-state index contributed by atoms with van der Waals surface area (Å²) in [6.07, 6.45) is 1.00. The van der Waals surface area contributed by atoms with E-state index in [-0.39, 0.29) is 16.3 Å². The summed E-state index contributed by atoms with van der Waals surface area (Å²) in [5, 5.41) is 5.02. The average molecular weight is 411 g/mol. The first kappa shape index (κ1) is 18.5. The Morgan fingerprint density at radius 1 is 1.23 bits per heavy atom. The maximum atomic E-state index is 13.9. The summed E-state index contributed by atoms with van der Waals surface area (Å²) in [5.41, 5.74) is 0.621. The van der Waals surface area contributed by atoms with Crippen LogP contribution in [0.4, 0.5) is 10.1 Å². The van der Waals surface area contributed by atoms with Gasteiger partial charge in [0.15, 0.2) is 9.84 Å². The lowest BCUT2D eigenvalue weighted by Crippen LogP contribution is -2.14. The molecular formula is C17H12ClFN2O3S2. The predicted molar refractivity (Wildman–Crippen MR) is 100 cm³/mol. The van der Waals surface area contributed by atoms with E-state index in [0.717, 1.165) is 30.0 Å². The first-order valence-electron chi connectivity index (χ1n) is 7.26. The van der Waals surface area contributed by atoms with Gasteiger partial charge in [-0.3, -0.25) is 4.79 Å². The van der Waals surface area contributed by atoms with E-state index in [1.165, 1.54) is 16.7 Å². The van der Waals surface area contributed by atoms with Gasteiger partial charge in [-0.1, -0.05) is 23.7 Å². The average Bonchev–Trinajstić information content (AvgIpc) is 3.06. The third kappa shape index (κ3) is 4.09. The van der Waals surface area contributed by atoms with Crippen LogP contribution in [0.1, 0.15) is 10.5 Å². The number of thiazole rings is 1. The molecule has 1 amide bonds. The molecule has 0 aliphatic heterocycles. The van der Waals surface area contributed by atoms with Gasteiger partial charge in [0, 0.05) is 22.2 Å². The van der Waals surface area contributed by atoms with Gasteiger partial charge in [0.25, 0.3) is 5.91 Å². The SMILES string of the molecule is CS(=O)(=O)c1ccc(F)c(NC(=O)c2csc(-c3cccc(Cl)c3)n2)c1. The zero-order chi connectivity index (χ0) is 18.9. The Bertz CT molecular complexity index is 1100. The van der Waals surface area contributed by atoms with Crippen LogP contribution in [0, 0.1) is 5.82 Å². The smallest absolute Gasteiger partial charge is 0.275 e. The minimum absolute atomic E-state index is 0.0907. The van der Waals surface area contributed by atoms with Crippen molar-refractivity contribution in [3.05, 3.63) is 64.4 Å². The molecule has 134 valence electrons. The number of sulfone groups is 1. The number of halogens is 2. The molecule has 0 spiro atoms. The van der Waals surface area contributed by atoms with Crippen LogP contribution in [-0.4, -0.2) is 25.6 Å². The Morgan fingerprint density at radius 3 is 2.69 bits per heavy atom. The summed E-state index contributed by atoms with van der Waals surface area (Å²) in [6.45, 7) is 0. The largest absolute Gasteiger partial charge is 0.318 e. The second kappa shape index (κ2) is 7.14. The summed E-state index contributed by atoms with van der Waals surface area (Å²) >= 11 is 7.19. The van der Waals surface area contributed by atoms with Gasteiger partial charge in [0.1, 0.15) is 16.5 Å². The van der Waals surface area contributed by atoms with Crippen molar-refractivity contribution in [2.45, 2.75) is 4.90 Å². The van der Waals surface area contributed by atoms with E-state index < -0.39 is 21.6 Å². The molecule has 0 unspecified atom stereocenters. The zero-order valence-corrected chi connectivity index (χ0v) is 15.8. The van der Waals surface area contributed by atoms with E-state index in [1.807, 2.05) is 6.07 Å². The van der Waals surface area contributed by atoms with Crippen molar-refractivity contribution in [1.29, 1.82) is 0 Å². The van der Waals surface area contributed by atoms with E-state index in [1.54, 1.807) is 18.2 Å². The highest BCUT2D eigenvalue weighted by molar-refractivity contribution is 7.90. The standard InChI is InChI=1S/C17H12ClFN2O3S2/c1-26(23,24)12-5-6-13(19)14(8-12)20-16(22)15-9-25-17(21-15)10-3-2-4-11(18)7-10/h2-9H,1H3,(H,20,22). The topological polar surface area (TPSA) is 76.1 Å². The Balaban J connectivity index is 1.86. The number of hydrogen-bond acceptors (Lipinski definition) is 5. The van der Waals surface area contributed by atoms with Gasteiger partial charge >= 0.3 is 0 Å². The van der Waals surface area contributed by atoms with Crippen LogP contribution in [0.15, 0.2) is 52.7 Å². The molecule has 1 N–H and O–H groups in total. The van der Waals surface area contributed by atoms with Crippen LogP contribution >= 0.6 is 22.9 Å². The second-order valence-corrected chi connectivity index (χ2v) is 8.73. The van der Waals surface area contributed by atoms with Crippen LogP contribution in [0.2, 0.25) is 5.02 Å². The molecule has 0 bridgehead atoms. The van der Waals surface area contributed by atoms with Crippen molar-refractivity contribution in [1.82, 2.24) is 4.98 Å². The number of carbonyl (C=O) groups is 1. The fourth-order valence-electron chi connectivity index (χ4n) is 2.15. The molecule has 1 aromatic heterocycles. The van der Waals surface area contributed by atoms with Gasteiger partial charge in [-0.15, -0.1) is 11.3 Å². The number of carbonyl (C=O) groups excluding carboxylic acids is 1. The van der Waals surface area contributed by atoms with Crippen LogP contribution < -0.4 is 5.32 Å². The van der Waals surface area contributed by atoms with Crippen LogP contribution in [-0.2, 0) is 9.84 Å². The van der Waals surface area contributed by atoms with E-state index in [2.05, 4.69) is 10.3 Å². The van der Waals surface area contributed by atoms with Crippen molar-refractivity contribution < 1.29 is 17.6 Å². The third-order valence-electron chi connectivity index (χ3n) is 3.42. The summed E-state index contributed by atoms with van der Waals surface area (Å²) in [6, 6.07) is 10.2. The molecule has 0 fully saturated rings. The molecule has 0 aliphatic rings. The van der Waals surface area contributed by atoms with Crippen LogP contribution in [0.5, 0.6) is 0 Å². The number of anilines is 1. The summed E-state index contributed by atoms with van der Waals surface area (Å²) in [5.74, 6) is -1.38. The van der Waals surface area contributed by atoms with E-state index in [0.29, 0.717) is 10.0 Å². The minimum atomic E-state index is -3.52. The fourth-order valence-corrected chi connectivity index (χ4v) is 3.78. The molecule has 2 aromatic carbocycles. The number of nitrogens with one attached hydrogen (secondary N) is 1. The minimum Gasteiger partial charge on any atom is -0.318 e. The van der Waals surface area contributed by atoms with Gasteiger partial charge in [0.05, 0.1) is 10.6 Å². The lowest BCUT2D eigenvalue weighted by molar-refractivity contribution is 0.102. The molecule has 9 heteroatoms. The monoisotopic (exact) mass is 410 g/mol. The lowest BCUT2D eigenvalue weighted by atomic mass is 10.2. The predicted octanol–water partition coefficient (Wildman–Crippen LogP) is 4.26. The number of hydrogen-bond donors (Lipinski definition) is 1. The van der Waals surface area contributed by atoms with Crippen molar-refractivity contribution in [3.8, 4) is 10.6 Å². The van der Waals surface area contributed by atoms with Crippen molar-refractivity contribution in [2.75, 3.05) is 11.6 Å². The second-order valence-electron chi connectivity index (χ2n) is 5.42. The van der Waals surface area contributed by atoms with E-state index in [4.69, 9.17) is 11.6 Å².